The highest BCUT2D eigenvalue weighted by Crippen LogP contribution is 2.24. The van der Waals surface area contributed by atoms with Crippen molar-refractivity contribution < 1.29 is 12.8 Å². The quantitative estimate of drug-likeness (QED) is 0.195. The Morgan fingerprint density at radius 2 is 1.73 bits per heavy atom. The molecule has 0 radical (unpaired) electrons. The van der Waals surface area contributed by atoms with Gasteiger partial charge in [0.15, 0.2) is 15.8 Å². The Hall–Kier alpha value is -2.07. The lowest BCUT2D eigenvalue weighted by molar-refractivity contribution is 0.534. The van der Waals surface area contributed by atoms with Gasteiger partial charge in [-0.25, -0.2) is 8.42 Å². The smallest absolute Gasteiger partial charge is 0.191 e. The third-order valence-corrected chi connectivity index (χ3v) is 6.42. The molecule has 0 saturated carbocycles. The fourth-order valence-electron chi connectivity index (χ4n) is 3.18. The number of para-hydroxylation sites is 1. The first-order valence-corrected chi connectivity index (χ1v) is 11.5. The molecule has 3 rings (SSSR count). The number of benzene rings is 2. The molecule has 0 unspecified atom stereocenters. The monoisotopic (exact) mass is 541 g/mol. The van der Waals surface area contributed by atoms with Gasteiger partial charge in [-0.3, -0.25) is 4.99 Å². The van der Waals surface area contributed by atoms with Gasteiger partial charge in [-0.1, -0.05) is 48.5 Å². The largest absolute Gasteiger partial charge is 0.459 e. The molecule has 0 spiro atoms. The van der Waals surface area contributed by atoms with Crippen molar-refractivity contribution in [2.45, 2.75) is 25.6 Å². The number of rotatable bonds is 8. The lowest BCUT2D eigenvalue weighted by atomic mass is 10.1. The third kappa shape index (κ3) is 6.73. The van der Waals surface area contributed by atoms with Crippen LogP contribution in [0.2, 0.25) is 0 Å². The molecule has 0 atom stereocenters. The topological polar surface area (TPSA) is 83.7 Å². The molecule has 2 N–H and O–H groups in total. The normalized spacial score (nSPS) is 11.9. The van der Waals surface area contributed by atoms with Crippen molar-refractivity contribution in [2.75, 3.05) is 19.3 Å². The van der Waals surface area contributed by atoms with Crippen LogP contribution in [-0.4, -0.2) is 33.7 Å². The first-order chi connectivity index (χ1) is 14.0. The van der Waals surface area contributed by atoms with E-state index in [1.165, 1.54) is 0 Å². The zero-order valence-electron chi connectivity index (χ0n) is 17.2. The average Bonchev–Trinajstić information content (AvgIpc) is 3.04. The van der Waals surface area contributed by atoms with Gasteiger partial charge < -0.3 is 15.1 Å². The lowest BCUT2D eigenvalue weighted by Gasteiger charge is -2.11. The van der Waals surface area contributed by atoms with Crippen LogP contribution in [-0.2, 0) is 22.1 Å². The van der Waals surface area contributed by atoms with E-state index in [0.717, 1.165) is 27.9 Å². The average molecular weight is 541 g/mol. The molecule has 8 heteroatoms. The fraction of sp³-hybridized carbons (Fsp3) is 0.318. The molecule has 30 heavy (non-hydrogen) atoms. The highest BCUT2D eigenvalue weighted by molar-refractivity contribution is 14.0. The lowest BCUT2D eigenvalue weighted by Crippen LogP contribution is -2.37. The Morgan fingerprint density at radius 1 is 1.03 bits per heavy atom. The number of furan rings is 1. The molecule has 6 nitrogen and oxygen atoms in total. The number of hydrogen-bond donors (Lipinski definition) is 2. The molecule has 0 aliphatic rings. The van der Waals surface area contributed by atoms with Gasteiger partial charge >= 0.3 is 0 Å². The summed E-state index contributed by atoms with van der Waals surface area (Å²) in [6.07, 6.45) is 0.513. The van der Waals surface area contributed by atoms with Crippen LogP contribution in [0.4, 0.5) is 0 Å². The number of fused-ring (bicyclic) bond motifs is 1. The summed E-state index contributed by atoms with van der Waals surface area (Å²) in [4.78, 5) is 4.19. The molecule has 3 aromatic rings. The maximum absolute atomic E-state index is 12.3. The van der Waals surface area contributed by atoms with E-state index in [9.17, 15) is 8.42 Å². The Balaban J connectivity index is 0.00000320. The van der Waals surface area contributed by atoms with Crippen LogP contribution in [0.15, 0.2) is 64.0 Å². The van der Waals surface area contributed by atoms with E-state index >= 15 is 0 Å². The Bertz CT molecular complexity index is 1080. The van der Waals surface area contributed by atoms with E-state index in [2.05, 4.69) is 15.6 Å². The first-order valence-electron chi connectivity index (χ1n) is 9.64. The van der Waals surface area contributed by atoms with Gasteiger partial charge in [0, 0.05) is 24.5 Å². The van der Waals surface area contributed by atoms with Gasteiger partial charge in [0.1, 0.15) is 11.3 Å². The molecule has 0 saturated heterocycles. The minimum absolute atomic E-state index is 0. The summed E-state index contributed by atoms with van der Waals surface area (Å²) in [5.41, 5.74) is 2.79. The van der Waals surface area contributed by atoms with Crippen molar-refractivity contribution >= 4 is 50.7 Å². The minimum atomic E-state index is -3.13. The van der Waals surface area contributed by atoms with Gasteiger partial charge in [0.05, 0.1) is 18.1 Å². The van der Waals surface area contributed by atoms with Crippen LogP contribution in [0.3, 0.4) is 0 Å². The van der Waals surface area contributed by atoms with Crippen LogP contribution in [0, 0.1) is 6.92 Å². The summed E-state index contributed by atoms with van der Waals surface area (Å²) >= 11 is 0. The van der Waals surface area contributed by atoms with Crippen molar-refractivity contribution in [3.63, 3.8) is 0 Å². The van der Waals surface area contributed by atoms with Gasteiger partial charge in [-0.15, -0.1) is 24.0 Å². The highest BCUT2D eigenvalue weighted by atomic mass is 127. The Morgan fingerprint density at radius 3 is 2.43 bits per heavy atom. The number of nitrogens with zero attached hydrogens (tertiary/aromatic N) is 1. The van der Waals surface area contributed by atoms with E-state index in [-0.39, 0.29) is 35.5 Å². The van der Waals surface area contributed by atoms with Crippen LogP contribution < -0.4 is 10.6 Å². The second-order valence-electron chi connectivity index (χ2n) is 6.93. The van der Waals surface area contributed by atoms with Gasteiger partial charge in [0.25, 0.3) is 0 Å². The first kappa shape index (κ1) is 24.2. The predicted octanol–water partition coefficient (Wildman–Crippen LogP) is 4.03. The van der Waals surface area contributed by atoms with Crippen molar-refractivity contribution in [2.24, 2.45) is 4.99 Å². The van der Waals surface area contributed by atoms with Crippen molar-refractivity contribution in [3.8, 4) is 0 Å². The second kappa shape index (κ2) is 11.4. The van der Waals surface area contributed by atoms with Crippen LogP contribution >= 0.6 is 24.0 Å². The van der Waals surface area contributed by atoms with E-state index in [4.69, 9.17) is 4.42 Å². The number of hydrogen-bond acceptors (Lipinski definition) is 4. The molecule has 0 aliphatic heterocycles. The van der Waals surface area contributed by atoms with Crippen LogP contribution in [0.5, 0.6) is 0 Å². The number of aliphatic imine (C=N–C) groups is 1. The van der Waals surface area contributed by atoms with Gasteiger partial charge in [-0.05, 0) is 25.0 Å². The summed E-state index contributed by atoms with van der Waals surface area (Å²) < 4.78 is 30.4. The zero-order valence-corrected chi connectivity index (χ0v) is 20.4. The maximum Gasteiger partial charge on any atom is 0.191 e. The van der Waals surface area contributed by atoms with Gasteiger partial charge in [-0.2, -0.15) is 0 Å². The summed E-state index contributed by atoms with van der Waals surface area (Å²) in [5.74, 6) is 1.69. The molecule has 0 amide bonds. The molecular weight excluding hydrogens is 513 g/mol. The predicted molar refractivity (Wildman–Crippen MR) is 133 cm³/mol. The SMILES string of the molecule is CN=C(NCCCS(=O)(=O)Cc1ccccc1)NCc1oc2ccccc2c1C.I. The number of nitrogens with one attached hydrogen (secondary N) is 2. The molecule has 2 aromatic carbocycles. The summed E-state index contributed by atoms with van der Waals surface area (Å²) in [6, 6.07) is 17.2. The number of guanidine groups is 1. The van der Waals surface area contributed by atoms with E-state index < -0.39 is 9.84 Å². The highest BCUT2D eigenvalue weighted by Gasteiger charge is 2.12. The van der Waals surface area contributed by atoms with Crippen molar-refractivity contribution in [1.29, 1.82) is 0 Å². The molecule has 1 aromatic heterocycles. The molecule has 0 fully saturated rings. The molecule has 0 bridgehead atoms. The minimum Gasteiger partial charge on any atom is -0.459 e. The van der Waals surface area contributed by atoms with Crippen LogP contribution in [0.25, 0.3) is 11.0 Å². The number of halogens is 1. The summed E-state index contributed by atoms with van der Waals surface area (Å²) in [5, 5.41) is 7.49. The fourth-order valence-corrected chi connectivity index (χ4v) is 4.61. The van der Waals surface area contributed by atoms with Crippen molar-refractivity contribution in [3.05, 3.63) is 71.5 Å². The number of aryl methyl sites for hydroxylation is 1. The molecular formula is C22H28IN3O3S. The maximum atomic E-state index is 12.3. The Labute approximate surface area is 195 Å². The van der Waals surface area contributed by atoms with Gasteiger partial charge in [0.2, 0.25) is 0 Å². The third-order valence-electron chi connectivity index (χ3n) is 4.74. The standard InChI is InChI=1S/C22H27N3O3S.HI/c1-17-19-11-6-7-12-20(19)28-21(17)15-25-22(23-2)24-13-8-14-29(26,27)16-18-9-4-3-5-10-18;/h3-7,9-12H,8,13-16H2,1-2H3,(H2,23,24,25);1H. The second-order valence-corrected chi connectivity index (χ2v) is 9.11. The summed E-state index contributed by atoms with van der Waals surface area (Å²) in [7, 11) is -1.44. The zero-order chi connectivity index (χ0) is 20.7. The van der Waals surface area contributed by atoms with E-state index in [0.29, 0.717) is 25.5 Å². The van der Waals surface area contributed by atoms with Crippen molar-refractivity contribution in [1.82, 2.24) is 10.6 Å². The molecule has 162 valence electrons. The number of sulfone groups is 1. The molecule has 1 heterocycles. The Kier molecular flexibility index (Phi) is 9.16. The van der Waals surface area contributed by atoms with E-state index in [1.54, 1.807) is 7.05 Å². The van der Waals surface area contributed by atoms with Crippen LogP contribution in [0.1, 0.15) is 23.3 Å². The summed E-state index contributed by atoms with van der Waals surface area (Å²) in [6.45, 7) is 3.07. The van der Waals surface area contributed by atoms with E-state index in [1.807, 2.05) is 61.5 Å². The molecule has 0 aliphatic carbocycles.